The molecule has 1 aliphatic rings. The number of hydrogen-bond acceptors (Lipinski definition) is 0. The SMILES string of the molecule is CC(C)(C)c1cc(-c2cccc3c2Cc2c-3c(-c3ccccc3Cl)c3[nH]c4c(-c5cc(C(C)(C)C)cc(C(C)(C)C)c5)cccc4c3c2-c2ccccc2Cl)cc(C(C)(C)C)c1. The second kappa shape index (κ2) is 14.8. The molecule has 0 aliphatic heterocycles. The van der Waals surface area contributed by atoms with Crippen molar-refractivity contribution in [2.45, 2.75) is 111 Å². The zero-order chi connectivity index (χ0) is 44.3. The van der Waals surface area contributed by atoms with Crippen molar-refractivity contribution in [1.82, 2.24) is 4.98 Å². The molecular weight excluding hydrogens is 794 g/mol. The molecule has 62 heavy (non-hydrogen) atoms. The van der Waals surface area contributed by atoms with Gasteiger partial charge in [-0.3, -0.25) is 0 Å². The third-order valence-corrected chi connectivity index (χ3v) is 13.9. The molecule has 0 radical (unpaired) electrons. The van der Waals surface area contributed by atoms with Crippen molar-refractivity contribution in [3.63, 3.8) is 0 Å². The number of aromatic amines is 1. The van der Waals surface area contributed by atoms with E-state index in [-0.39, 0.29) is 21.7 Å². The Hall–Kier alpha value is -5.08. The van der Waals surface area contributed by atoms with Crippen molar-refractivity contribution in [2.75, 3.05) is 0 Å². The highest BCUT2D eigenvalue weighted by Crippen LogP contribution is 2.56. The molecule has 1 aliphatic carbocycles. The van der Waals surface area contributed by atoms with Crippen LogP contribution in [0.4, 0.5) is 0 Å². The molecule has 0 unspecified atom stereocenters. The Kier molecular flexibility index (Phi) is 10.0. The lowest BCUT2D eigenvalue weighted by molar-refractivity contribution is 0.568. The first kappa shape index (κ1) is 42.2. The molecule has 0 spiro atoms. The molecule has 0 saturated carbocycles. The van der Waals surface area contributed by atoms with Crippen molar-refractivity contribution in [3.8, 4) is 55.6 Å². The third-order valence-electron chi connectivity index (χ3n) is 13.2. The quantitative estimate of drug-likeness (QED) is 0.182. The van der Waals surface area contributed by atoms with Gasteiger partial charge in [0, 0.05) is 43.1 Å². The van der Waals surface area contributed by atoms with E-state index in [1.54, 1.807) is 0 Å². The van der Waals surface area contributed by atoms with E-state index in [9.17, 15) is 0 Å². The zero-order valence-electron chi connectivity index (χ0n) is 38.5. The van der Waals surface area contributed by atoms with Crippen LogP contribution in [0.15, 0.2) is 121 Å². The van der Waals surface area contributed by atoms with Gasteiger partial charge in [0.15, 0.2) is 0 Å². The molecule has 314 valence electrons. The van der Waals surface area contributed by atoms with E-state index in [2.05, 4.69) is 185 Å². The first-order valence-corrected chi connectivity index (χ1v) is 22.9. The standard InChI is InChI=1S/C59H59Cl2N/c1-56(2,3)36-27-34(28-37(31-36)57(4,5)6)40-21-17-23-42-46(40)33-47-50(42)52(44-20-14-16-26-49(44)61)55-53(51(47)43-19-13-15-25-48(43)60)45-24-18-22-41(54(45)62-55)35-29-38(58(7,8)9)32-39(30-35)59(10,11)12/h13-32,62H,33H2,1-12H3. The van der Waals surface area contributed by atoms with E-state index in [1.165, 1.54) is 83.1 Å². The average Bonchev–Trinajstić information content (AvgIpc) is 3.78. The molecule has 0 saturated heterocycles. The molecule has 1 nitrogen and oxygen atoms in total. The van der Waals surface area contributed by atoms with E-state index in [0.29, 0.717) is 0 Å². The lowest BCUT2D eigenvalue weighted by Crippen LogP contribution is -2.16. The number of hydrogen-bond donors (Lipinski definition) is 1. The molecule has 3 heteroatoms. The number of benzene rings is 7. The summed E-state index contributed by atoms with van der Waals surface area (Å²) in [6.45, 7) is 27.8. The van der Waals surface area contributed by atoms with Gasteiger partial charge in [-0.15, -0.1) is 0 Å². The second-order valence-electron chi connectivity index (χ2n) is 21.8. The van der Waals surface area contributed by atoms with Crippen LogP contribution in [0.2, 0.25) is 10.0 Å². The van der Waals surface area contributed by atoms with Crippen LogP contribution in [0.1, 0.15) is 116 Å². The molecule has 7 aromatic carbocycles. The van der Waals surface area contributed by atoms with Gasteiger partial charge < -0.3 is 4.98 Å². The first-order chi connectivity index (χ1) is 29.1. The van der Waals surface area contributed by atoms with Crippen molar-refractivity contribution < 1.29 is 0 Å². The molecule has 1 N–H and O–H groups in total. The summed E-state index contributed by atoms with van der Waals surface area (Å²) in [6.07, 6.45) is 0.758. The fourth-order valence-corrected chi connectivity index (χ4v) is 10.0. The van der Waals surface area contributed by atoms with Crippen molar-refractivity contribution in [2.24, 2.45) is 0 Å². The molecule has 0 amide bonds. The molecular formula is C59H59Cl2N. The van der Waals surface area contributed by atoms with Gasteiger partial charge in [0.25, 0.3) is 0 Å². The third kappa shape index (κ3) is 7.20. The number of fused-ring (bicyclic) bond motifs is 6. The van der Waals surface area contributed by atoms with Gasteiger partial charge in [0.2, 0.25) is 0 Å². The number of halogens is 2. The van der Waals surface area contributed by atoms with Gasteiger partial charge in [-0.05, 0) is 107 Å². The van der Waals surface area contributed by atoms with Gasteiger partial charge in [0.05, 0.1) is 11.0 Å². The number of rotatable bonds is 4. The number of aromatic nitrogens is 1. The van der Waals surface area contributed by atoms with Crippen molar-refractivity contribution in [1.29, 1.82) is 0 Å². The van der Waals surface area contributed by atoms with Crippen molar-refractivity contribution >= 4 is 45.0 Å². The van der Waals surface area contributed by atoms with E-state index in [0.717, 1.165) is 44.2 Å². The van der Waals surface area contributed by atoms with Crippen LogP contribution in [-0.2, 0) is 28.1 Å². The highest BCUT2D eigenvalue weighted by molar-refractivity contribution is 6.36. The Bertz CT molecular complexity index is 3030. The van der Waals surface area contributed by atoms with Crippen LogP contribution in [0.3, 0.4) is 0 Å². The lowest BCUT2D eigenvalue weighted by atomic mass is 9.78. The van der Waals surface area contributed by atoms with E-state index in [1.807, 2.05) is 24.3 Å². The van der Waals surface area contributed by atoms with E-state index < -0.39 is 0 Å². The summed E-state index contributed by atoms with van der Waals surface area (Å²) < 4.78 is 0. The molecule has 0 fully saturated rings. The summed E-state index contributed by atoms with van der Waals surface area (Å²) in [5, 5.41) is 3.81. The largest absolute Gasteiger partial charge is 0.353 e. The van der Waals surface area contributed by atoms with Gasteiger partial charge in [0.1, 0.15) is 0 Å². The molecule has 0 atom stereocenters. The maximum absolute atomic E-state index is 7.34. The van der Waals surface area contributed by atoms with Crippen LogP contribution in [0.5, 0.6) is 0 Å². The fourth-order valence-electron chi connectivity index (χ4n) is 9.58. The summed E-state index contributed by atoms with van der Waals surface area (Å²) in [4.78, 5) is 4.14. The van der Waals surface area contributed by atoms with Crippen LogP contribution in [0.25, 0.3) is 77.4 Å². The van der Waals surface area contributed by atoms with Gasteiger partial charge in [-0.2, -0.15) is 0 Å². The Morgan fingerprint density at radius 1 is 0.387 bits per heavy atom. The van der Waals surface area contributed by atoms with E-state index >= 15 is 0 Å². The minimum atomic E-state index is -0.0196. The number of H-pyrrole nitrogens is 1. The van der Waals surface area contributed by atoms with Crippen LogP contribution >= 0.6 is 23.2 Å². The van der Waals surface area contributed by atoms with Crippen LogP contribution in [-0.4, -0.2) is 4.98 Å². The summed E-state index contributed by atoms with van der Waals surface area (Å²) in [5.41, 5.74) is 21.9. The summed E-state index contributed by atoms with van der Waals surface area (Å²) >= 11 is 14.7. The monoisotopic (exact) mass is 851 g/mol. The Balaban J connectivity index is 1.43. The summed E-state index contributed by atoms with van der Waals surface area (Å²) in [6, 6.07) is 44.9. The Morgan fingerprint density at radius 3 is 1.31 bits per heavy atom. The molecule has 1 aromatic heterocycles. The van der Waals surface area contributed by atoms with Crippen molar-refractivity contribution in [3.05, 3.63) is 165 Å². The minimum absolute atomic E-state index is 0.00746. The van der Waals surface area contributed by atoms with Gasteiger partial charge in [-0.1, -0.05) is 215 Å². The van der Waals surface area contributed by atoms with E-state index in [4.69, 9.17) is 23.2 Å². The smallest absolute Gasteiger partial charge is 0.0558 e. The molecule has 9 rings (SSSR count). The predicted octanol–water partition coefficient (Wildman–Crippen LogP) is 18.1. The highest BCUT2D eigenvalue weighted by atomic mass is 35.5. The summed E-state index contributed by atoms with van der Waals surface area (Å²) in [7, 11) is 0. The predicted molar refractivity (Wildman–Crippen MR) is 271 cm³/mol. The minimum Gasteiger partial charge on any atom is -0.353 e. The van der Waals surface area contributed by atoms with Crippen LogP contribution < -0.4 is 0 Å². The van der Waals surface area contributed by atoms with Gasteiger partial charge in [-0.25, -0.2) is 0 Å². The molecule has 1 heterocycles. The number of nitrogens with one attached hydrogen (secondary N) is 1. The lowest BCUT2D eigenvalue weighted by Gasteiger charge is -2.26. The van der Waals surface area contributed by atoms with Gasteiger partial charge >= 0.3 is 0 Å². The molecule has 0 bridgehead atoms. The zero-order valence-corrected chi connectivity index (χ0v) is 40.0. The Labute approximate surface area is 379 Å². The topological polar surface area (TPSA) is 15.8 Å². The second-order valence-corrected chi connectivity index (χ2v) is 22.6. The van der Waals surface area contributed by atoms with Crippen LogP contribution in [0, 0.1) is 0 Å². The number of para-hydroxylation sites is 1. The average molecular weight is 853 g/mol. The molecule has 8 aromatic rings. The summed E-state index contributed by atoms with van der Waals surface area (Å²) in [5.74, 6) is 0. The fraction of sp³-hybridized carbons (Fsp3) is 0.288. The first-order valence-electron chi connectivity index (χ1n) is 22.2. The normalized spacial score (nSPS) is 13.3. The Morgan fingerprint density at radius 2 is 0.806 bits per heavy atom. The maximum Gasteiger partial charge on any atom is 0.0558 e. The highest BCUT2D eigenvalue weighted by Gasteiger charge is 2.34. The maximum atomic E-state index is 7.34.